The Bertz CT molecular complexity index is 1230. The number of halogens is 1. The van der Waals surface area contributed by atoms with Crippen molar-refractivity contribution >= 4 is 44.6 Å². The van der Waals surface area contributed by atoms with E-state index < -0.39 is 27.5 Å². The van der Waals surface area contributed by atoms with Gasteiger partial charge in [-0.1, -0.05) is 41.9 Å². The fourth-order valence-corrected chi connectivity index (χ4v) is 3.92. The highest BCUT2D eigenvalue weighted by Gasteiger charge is 2.18. The van der Waals surface area contributed by atoms with Crippen LogP contribution in [0.2, 0.25) is 5.02 Å². The predicted octanol–water partition coefficient (Wildman–Crippen LogP) is 4.07. The van der Waals surface area contributed by atoms with Crippen molar-refractivity contribution in [2.24, 2.45) is 0 Å². The number of ether oxygens (including phenoxy) is 1. The summed E-state index contributed by atoms with van der Waals surface area (Å²) in [5.41, 5.74) is 0.156. The third-order valence-corrected chi connectivity index (χ3v) is 5.66. The number of hydrogen-bond acceptors (Lipinski definition) is 6. The Kier molecular flexibility index (Phi) is 6.73. The highest BCUT2D eigenvalue weighted by Crippen LogP contribution is 2.26. The summed E-state index contributed by atoms with van der Waals surface area (Å²) in [7, 11) is -3.96. The number of nitrogens with one attached hydrogen (secondary N) is 2. The van der Waals surface area contributed by atoms with E-state index in [1.165, 1.54) is 48.5 Å². The topological polar surface area (TPSA) is 128 Å². The molecule has 0 aliphatic carbocycles. The number of nitro groups is 1. The van der Waals surface area contributed by atoms with Crippen LogP contribution in [-0.4, -0.2) is 25.9 Å². The minimum atomic E-state index is -3.96. The second-order valence-electron chi connectivity index (χ2n) is 6.17. The molecule has 3 aromatic rings. The molecule has 0 heterocycles. The zero-order chi connectivity index (χ0) is 22.4. The molecule has 0 saturated heterocycles. The quantitative estimate of drug-likeness (QED) is 0.384. The molecule has 1 amide bonds. The van der Waals surface area contributed by atoms with Crippen molar-refractivity contribution in [1.29, 1.82) is 0 Å². The number of sulfonamides is 1. The van der Waals surface area contributed by atoms with Crippen LogP contribution in [0.25, 0.3) is 0 Å². The van der Waals surface area contributed by atoms with Gasteiger partial charge >= 0.3 is 5.69 Å². The third-order valence-electron chi connectivity index (χ3n) is 3.97. The summed E-state index contributed by atoms with van der Waals surface area (Å²) in [5.74, 6) is -0.672. The smallest absolute Gasteiger partial charge is 0.310 e. The zero-order valence-corrected chi connectivity index (χ0v) is 17.4. The lowest BCUT2D eigenvalue weighted by molar-refractivity contribution is -0.385. The lowest BCUT2D eigenvalue weighted by Crippen LogP contribution is -2.21. The van der Waals surface area contributed by atoms with Crippen LogP contribution in [-0.2, 0) is 14.8 Å². The van der Waals surface area contributed by atoms with Crippen molar-refractivity contribution in [1.82, 2.24) is 0 Å². The Morgan fingerprint density at radius 3 is 2.48 bits per heavy atom. The van der Waals surface area contributed by atoms with Gasteiger partial charge in [0.25, 0.3) is 15.9 Å². The molecule has 0 radical (unpaired) electrons. The minimum Gasteiger partial charge on any atom is -0.477 e. The Hall–Kier alpha value is -3.63. The van der Waals surface area contributed by atoms with Crippen molar-refractivity contribution in [2.75, 3.05) is 16.6 Å². The van der Waals surface area contributed by atoms with E-state index in [-0.39, 0.29) is 32.7 Å². The maximum atomic E-state index is 12.6. The first-order chi connectivity index (χ1) is 14.8. The molecule has 0 spiro atoms. The molecule has 2 N–H and O–H groups in total. The van der Waals surface area contributed by atoms with Crippen LogP contribution in [0.1, 0.15) is 0 Å². The van der Waals surface area contributed by atoms with E-state index in [0.717, 1.165) is 0 Å². The van der Waals surface area contributed by atoms with Crippen LogP contribution in [0.15, 0.2) is 77.7 Å². The second-order valence-corrected chi connectivity index (χ2v) is 8.26. The summed E-state index contributed by atoms with van der Waals surface area (Å²) < 4.78 is 32.9. The number of benzene rings is 3. The maximum absolute atomic E-state index is 12.6. The van der Waals surface area contributed by atoms with Gasteiger partial charge in [0.15, 0.2) is 12.4 Å². The number of amides is 1. The SMILES string of the molecule is O=C(COc1ccccc1[N+](=O)[O-])Nc1cccc(S(=O)(=O)Nc2ccccc2Cl)c1. The zero-order valence-electron chi connectivity index (χ0n) is 15.8. The summed E-state index contributed by atoms with van der Waals surface area (Å²) in [6.07, 6.45) is 0. The number of rotatable bonds is 8. The molecule has 0 aliphatic heterocycles. The molecule has 3 aromatic carbocycles. The van der Waals surface area contributed by atoms with Gasteiger partial charge in [-0.25, -0.2) is 8.42 Å². The normalized spacial score (nSPS) is 10.9. The number of anilines is 2. The molecule has 0 atom stereocenters. The first-order valence-electron chi connectivity index (χ1n) is 8.80. The molecule has 31 heavy (non-hydrogen) atoms. The van der Waals surface area contributed by atoms with Crippen molar-refractivity contribution < 1.29 is 22.9 Å². The van der Waals surface area contributed by atoms with Crippen molar-refractivity contribution in [3.8, 4) is 5.75 Å². The van der Waals surface area contributed by atoms with Crippen LogP contribution in [0.4, 0.5) is 17.1 Å². The van der Waals surface area contributed by atoms with Crippen LogP contribution >= 0.6 is 11.6 Å². The predicted molar refractivity (Wildman–Crippen MR) is 116 cm³/mol. The summed E-state index contributed by atoms with van der Waals surface area (Å²) in [5, 5.41) is 13.7. The van der Waals surface area contributed by atoms with Gasteiger partial charge in [0, 0.05) is 11.8 Å². The minimum absolute atomic E-state index is 0.0529. The molecule has 3 rings (SSSR count). The lowest BCUT2D eigenvalue weighted by Gasteiger charge is -2.11. The van der Waals surface area contributed by atoms with Gasteiger partial charge in [0.2, 0.25) is 0 Å². The van der Waals surface area contributed by atoms with Gasteiger partial charge < -0.3 is 10.1 Å². The van der Waals surface area contributed by atoms with E-state index in [2.05, 4.69) is 10.0 Å². The van der Waals surface area contributed by atoms with Crippen LogP contribution < -0.4 is 14.8 Å². The van der Waals surface area contributed by atoms with E-state index in [4.69, 9.17) is 16.3 Å². The molecule has 160 valence electrons. The third kappa shape index (κ3) is 5.71. The monoisotopic (exact) mass is 461 g/mol. The molecule has 0 unspecified atom stereocenters. The number of carbonyl (C=O) groups is 1. The number of hydrogen-bond donors (Lipinski definition) is 2. The molecule has 0 fully saturated rings. The molecule has 0 saturated carbocycles. The molecule has 0 aliphatic rings. The summed E-state index contributed by atoms with van der Waals surface area (Å²) >= 11 is 5.99. The van der Waals surface area contributed by atoms with E-state index in [0.29, 0.717) is 0 Å². The first kappa shape index (κ1) is 22.1. The van der Waals surface area contributed by atoms with Crippen LogP contribution in [0.5, 0.6) is 5.75 Å². The highest BCUT2D eigenvalue weighted by atomic mass is 35.5. The van der Waals surface area contributed by atoms with Crippen LogP contribution in [0, 0.1) is 10.1 Å². The van der Waals surface area contributed by atoms with E-state index in [9.17, 15) is 23.3 Å². The van der Waals surface area contributed by atoms with Gasteiger partial charge in [-0.15, -0.1) is 0 Å². The van der Waals surface area contributed by atoms with Gasteiger partial charge in [-0.3, -0.25) is 19.6 Å². The molecule has 9 nitrogen and oxygen atoms in total. The fraction of sp³-hybridized carbons (Fsp3) is 0.0500. The average Bonchev–Trinajstić information content (AvgIpc) is 2.74. The Morgan fingerprint density at radius 1 is 1.03 bits per heavy atom. The molecule has 0 bridgehead atoms. The fourth-order valence-electron chi connectivity index (χ4n) is 2.56. The van der Waals surface area contributed by atoms with Crippen molar-refractivity contribution in [3.63, 3.8) is 0 Å². The largest absolute Gasteiger partial charge is 0.477 e. The first-order valence-corrected chi connectivity index (χ1v) is 10.7. The Morgan fingerprint density at radius 2 is 1.74 bits per heavy atom. The number of para-hydroxylation sites is 3. The summed E-state index contributed by atoms with van der Waals surface area (Å²) in [6, 6.07) is 17.6. The number of nitrogens with zero attached hydrogens (tertiary/aromatic N) is 1. The van der Waals surface area contributed by atoms with Crippen LogP contribution in [0.3, 0.4) is 0 Å². The summed E-state index contributed by atoms with van der Waals surface area (Å²) in [4.78, 5) is 22.5. The van der Waals surface area contributed by atoms with E-state index >= 15 is 0 Å². The van der Waals surface area contributed by atoms with E-state index in [1.54, 1.807) is 24.3 Å². The molecular formula is C20H16ClN3O6S. The second kappa shape index (κ2) is 9.45. The van der Waals surface area contributed by atoms with Gasteiger partial charge in [0.05, 0.1) is 20.5 Å². The van der Waals surface area contributed by atoms with Gasteiger partial charge in [-0.2, -0.15) is 0 Å². The Balaban J connectivity index is 1.68. The van der Waals surface area contributed by atoms with Gasteiger partial charge in [0.1, 0.15) is 0 Å². The Labute approximate surface area is 182 Å². The standard InChI is InChI=1S/C20H16ClN3O6S/c21-16-8-1-2-9-17(16)23-31(28,29)15-7-5-6-14(12-15)22-20(25)13-30-19-11-4-3-10-18(19)24(26)27/h1-12,23H,13H2,(H,22,25). The van der Waals surface area contributed by atoms with E-state index in [1.807, 2.05) is 0 Å². The highest BCUT2D eigenvalue weighted by molar-refractivity contribution is 7.92. The van der Waals surface area contributed by atoms with Crippen molar-refractivity contribution in [2.45, 2.75) is 4.90 Å². The molecule has 0 aromatic heterocycles. The lowest BCUT2D eigenvalue weighted by atomic mass is 10.3. The van der Waals surface area contributed by atoms with Crippen molar-refractivity contribution in [3.05, 3.63) is 87.9 Å². The molecule has 11 heteroatoms. The maximum Gasteiger partial charge on any atom is 0.310 e. The number of carbonyl (C=O) groups excluding carboxylic acids is 1. The number of nitro benzene ring substituents is 1. The summed E-state index contributed by atoms with van der Waals surface area (Å²) in [6.45, 7) is -0.500. The molecular weight excluding hydrogens is 446 g/mol. The average molecular weight is 462 g/mol. The van der Waals surface area contributed by atoms with Gasteiger partial charge in [-0.05, 0) is 36.4 Å².